The summed E-state index contributed by atoms with van der Waals surface area (Å²) in [4.78, 5) is 19.8. The van der Waals surface area contributed by atoms with Crippen LogP contribution in [0.4, 0.5) is 5.82 Å². The number of carbonyl (C=O) groups is 1. The highest BCUT2D eigenvalue weighted by molar-refractivity contribution is 7.25. The van der Waals surface area contributed by atoms with Crippen molar-refractivity contribution in [1.29, 1.82) is 0 Å². The van der Waals surface area contributed by atoms with Gasteiger partial charge in [0.05, 0.1) is 10.9 Å². The molecule has 0 unspecified atom stereocenters. The highest BCUT2D eigenvalue weighted by Crippen LogP contribution is 2.35. The van der Waals surface area contributed by atoms with Crippen LogP contribution in [0, 0.1) is 0 Å². The fourth-order valence-electron chi connectivity index (χ4n) is 1.76. The SMILES string of the molecule is CC.Nc1ncnc2sc3ccc(C(=O)O)cc3c12. The Balaban J connectivity index is 0.000000637. The summed E-state index contributed by atoms with van der Waals surface area (Å²) < 4.78 is 0.956. The zero-order valence-corrected chi connectivity index (χ0v) is 11.4. The number of benzene rings is 1. The van der Waals surface area contributed by atoms with Gasteiger partial charge in [0.2, 0.25) is 0 Å². The average molecular weight is 275 g/mol. The van der Waals surface area contributed by atoms with Gasteiger partial charge in [-0.1, -0.05) is 13.8 Å². The van der Waals surface area contributed by atoms with E-state index in [0.717, 1.165) is 20.3 Å². The van der Waals surface area contributed by atoms with E-state index in [4.69, 9.17) is 10.8 Å². The van der Waals surface area contributed by atoms with E-state index in [1.807, 2.05) is 13.8 Å². The predicted octanol–water partition coefficient (Wildman–Crippen LogP) is 3.15. The molecule has 19 heavy (non-hydrogen) atoms. The van der Waals surface area contributed by atoms with Gasteiger partial charge in [-0.25, -0.2) is 14.8 Å². The maximum absolute atomic E-state index is 10.9. The van der Waals surface area contributed by atoms with Gasteiger partial charge < -0.3 is 10.8 Å². The Morgan fingerprint density at radius 3 is 2.74 bits per heavy atom. The van der Waals surface area contributed by atoms with Crippen LogP contribution in [0.2, 0.25) is 0 Å². The largest absolute Gasteiger partial charge is 0.478 e. The number of rotatable bonds is 1. The van der Waals surface area contributed by atoms with Crippen molar-refractivity contribution in [1.82, 2.24) is 9.97 Å². The first-order valence-electron chi connectivity index (χ1n) is 5.83. The normalized spacial score (nSPS) is 10.2. The Morgan fingerprint density at radius 2 is 2.05 bits per heavy atom. The zero-order valence-electron chi connectivity index (χ0n) is 10.5. The quantitative estimate of drug-likeness (QED) is 0.712. The molecule has 3 N–H and O–H groups in total. The molecule has 2 aromatic heterocycles. The Labute approximate surface area is 113 Å². The third-order valence-electron chi connectivity index (χ3n) is 2.54. The maximum atomic E-state index is 10.9. The van der Waals surface area contributed by atoms with Crippen LogP contribution in [-0.4, -0.2) is 21.0 Å². The molecule has 98 valence electrons. The van der Waals surface area contributed by atoms with Crippen molar-refractivity contribution in [3.05, 3.63) is 30.1 Å². The van der Waals surface area contributed by atoms with Crippen LogP contribution in [0.1, 0.15) is 24.2 Å². The van der Waals surface area contributed by atoms with Crippen LogP contribution in [0.15, 0.2) is 24.5 Å². The van der Waals surface area contributed by atoms with Gasteiger partial charge in [0.15, 0.2) is 0 Å². The number of carboxylic acids is 1. The van der Waals surface area contributed by atoms with Crippen molar-refractivity contribution in [2.45, 2.75) is 13.8 Å². The van der Waals surface area contributed by atoms with Crippen molar-refractivity contribution in [2.24, 2.45) is 0 Å². The number of anilines is 1. The van der Waals surface area contributed by atoms with Crippen LogP contribution >= 0.6 is 11.3 Å². The van der Waals surface area contributed by atoms with E-state index in [-0.39, 0.29) is 5.56 Å². The lowest BCUT2D eigenvalue weighted by molar-refractivity contribution is 0.0697. The fourth-order valence-corrected chi connectivity index (χ4v) is 2.80. The molecular weight excluding hydrogens is 262 g/mol. The van der Waals surface area contributed by atoms with Crippen LogP contribution in [0.3, 0.4) is 0 Å². The van der Waals surface area contributed by atoms with Gasteiger partial charge in [-0.15, -0.1) is 11.3 Å². The van der Waals surface area contributed by atoms with Crippen molar-refractivity contribution in [2.75, 3.05) is 5.73 Å². The van der Waals surface area contributed by atoms with Gasteiger partial charge in [0.25, 0.3) is 0 Å². The average Bonchev–Trinajstić information content (AvgIpc) is 2.79. The van der Waals surface area contributed by atoms with Gasteiger partial charge in [-0.2, -0.15) is 0 Å². The predicted molar refractivity (Wildman–Crippen MR) is 77.6 cm³/mol. The minimum atomic E-state index is -0.957. The van der Waals surface area contributed by atoms with Crippen molar-refractivity contribution >= 4 is 43.4 Å². The van der Waals surface area contributed by atoms with Gasteiger partial charge in [-0.3, -0.25) is 0 Å². The van der Waals surface area contributed by atoms with Crippen LogP contribution < -0.4 is 5.73 Å². The molecular formula is C13H13N3O2S. The molecule has 3 rings (SSSR count). The third-order valence-corrected chi connectivity index (χ3v) is 3.62. The second kappa shape index (κ2) is 5.19. The van der Waals surface area contributed by atoms with Gasteiger partial charge in [-0.05, 0) is 18.2 Å². The maximum Gasteiger partial charge on any atom is 0.335 e. The second-order valence-corrected chi connectivity index (χ2v) is 4.59. The minimum absolute atomic E-state index is 0.237. The zero-order chi connectivity index (χ0) is 14.0. The Kier molecular flexibility index (Phi) is 3.62. The molecule has 0 aliphatic carbocycles. The second-order valence-electron chi connectivity index (χ2n) is 3.56. The highest BCUT2D eigenvalue weighted by atomic mass is 32.1. The summed E-state index contributed by atoms with van der Waals surface area (Å²) in [6.45, 7) is 4.00. The Hall–Kier alpha value is -2.21. The molecule has 0 aliphatic heterocycles. The van der Waals surface area contributed by atoms with E-state index in [1.54, 1.807) is 18.2 Å². The first-order valence-corrected chi connectivity index (χ1v) is 6.64. The van der Waals surface area contributed by atoms with Gasteiger partial charge in [0, 0.05) is 10.1 Å². The first kappa shape index (κ1) is 13.2. The lowest BCUT2D eigenvalue weighted by Crippen LogP contribution is -1.95. The molecule has 0 saturated heterocycles. The van der Waals surface area contributed by atoms with E-state index >= 15 is 0 Å². The molecule has 0 amide bonds. The topological polar surface area (TPSA) is 89.1 Å². The molecule has 0 saturated carbocycles. The number of fused-ring (bicyclic) bond motifs is 3. The molecule has 0 spiro atoms. The fraction of sp³-hybridized carbons (Fsp3) is 0.154. The lowest BCUT2D eigenvalue weighted by Gasteiger charge is -1.96. The van der Waals surface area contributed by atoms with Crippen LogP contribution in [0.25, 0.3) is 20.3 Å². The number of carboxylic acid groups (broad SMARTS) is 1. The molecule has 0 fully saturated rings. The number of nitrogens with zero attached hydrogens (tertiary/aromatic N) is 2. The summed E-state index contributed by atoms with van der Waals surface area (Å²) in [5.74, 6) is -0.578. The molecule has 0 bridgehead atoms. The smallest absolute Gasteiger partial charge is 0.335 e. The molecule has 2 heterocycles. The minimum Gasteiger partial charge on any atom is -0.478 e. The van der Waals surface area contributed by atoms with Crippen LogP contribution in [0.5, 0.6) is 0 Å². The summed E-state index contributed by atoms with van der Waals surface area (Å²) in [6.07, 6.45) is 1.41. The third kappa shape index (κ3) is 2.22. The van der Waals surface area contributed by atoms with E-state index in [9.17, 15) is 4.79 Å². The van der Waals surface area contributed by atoms with Crippen LogP contribution in [-0.2, 0) is 0 Å². The number of hydrogen-bond donors (Lipinski definition) is 2. The highest BCUT2D eigenvalue weighted by Gasteiger charge is 2.12. The standard InChI is InChI=1S/C11H7N3O2S.C2H6/c12-9-8-6-3-5(11(15)16)1-2-7(6)17-10(8)14-4-13-9;1-2/h1-4H,(H,15,16)(H2,12,13,14);1-2H3. The first-order chi connectivity index (χ1) is 9.16. The summed E-state index contributed by atoms with van der Waals surface area (Å²) in [6, 6.07) is 4.95. The molecule has 6 heteroatoms. The molecule has 0 radical (unpaired) electrons. The lowest BCUT2D eigenvalue weighted by atomic mass is 10.1. The van der Waals surface area contributed by atoms with Crippen molar-refractivity contribution in [3.8, 4) is 0 Å². The Morgan fingerprint density at radius 1 is 1.32 bits per heavy atom. The molecule has 0 atom stereocenters. The van der Waals surface area contributed by atoms with Gasteiger partial charge in [0.1, 0.15) is 17.0 Å². The number of nitrogens with two attached hydrogens (primary N) is 1. The van der Waals surface area contributed by atoms with E-state index in [1.165, 1.54) is 17.7 Å². The molecule has 0 aliphatic rings. The number of thiophene rings is 1. The Bertz CT molecular complexity index is 752. The number of aromatic carboxylic acids is 1. The number of hydrogen-bond acceptors (Lipinski definition) is 5. The van der Waals surface area contributed by atoms with Crippen molar-refractivity contribution < 1.29 is 9.90 Å². The summed E-state index contributed by atoms with van der Waals surface area (Å²) in [5, 5.41) is 10.5. The molecule has 1 aromatic carbocycles. The summed E-state index contributed by atoms with van der Waals surface area (Å²) in [7, 11) is 0. The van der Waals surface area contributed by atoms with Crippen molar-refractivity contribution in [3.63, 3.8) is 0 Å². The summed E-state index contributed by atoms with van der Waals surface area (Å²) >= 11 is 1.47. The van der Waals surface area contributed by atoms with E-state index in [0.29, 0.717) is 5.82 Å². The monoisotopic (exact) mass is 275 g/mol. The number of nitrogen functional groups attached to an aromatic ring is 1. The summed E-state index contributed by atoms with van der Waals surface area (Å²) in [5.41, 5.74) is 6.04. The number of aromatic nitrogens is 2. The van der Waals surface area contributed by atoms with E-state index < -0.39 is 5.97 Å². The molecule has 5 nitrogen and oxygen atoms in total. The van der Waals surface area contributed by atoms with E-state index in [2.05, 4.69) is 9.97 Å². The van der Waals surface area contributed by atoms with Gasteiger partial charge >= 0.3 is 5.97 Å². The molecule has 3 aromatic rings.